The molecule has 8 nitrogen and oxygen atoms in total. The van der Waals surface area contributed by atoms with Crippen molar-refractivity contribution in [1.29, 1.82) is 0 Å². The van der Waals surface area contributed by atoms with Gasteiger partial charge in [0, 0.05) is 11.1 Å². The third kappa shape index (κ3) is 7.02. The van der Waals surface area contributed by atoms with E-state index in [2.05, 4.69) is 20.0 Å². The largest absolute Gasteiger partial charge is 0.240 e. The Kier molecular flexibility index (Phi) is 9.53. The highest BCUT2D eigenvalue weighted by atomic mass is 16.1. The lowest BCUT2D eigenvalue weighted by Crippen LogP contribution is -1.81. The Bertz CT molecular complexity index is 854. The van der Waals surface area contributed by atoms with Crippen LogP contribution < -0.4 is 0 Å². The summed E-state index contributed by atoms with van der Waals surface area (Å²) in [5.74, 6) is 0. The van der Waals surface area contributed by atoms with Crippen molar-refractivity contribution in [3.63, 3.8) is 0 Å². The van der Waals surface area contributed by atoms with Crippen LogP contribution in [-0.2, 0) is 32.3 Å². The van der Waals surface area contributed by atoms with Gasteiger partial charge in [-0.25, -0.2) is 29.2 Å². The molecule has 0 spiro atoms. The molecule has 0 radical (unpaired) electrons. The van der Waals surface area contributed by atoms with E-state index in [0.29, 0.717) is 22.5 Å². The average Bonchev–Trinajstić information content (AvgIpc) is 2.68. The van der Waals surface area contributed by atoms with Crippen LogP contribution in [0.15, 0.2) is 68.5 Å². The summed E-state index contributed by atoms with van der Waals surface area (Å²) in [4.78, 5) is 53.4. The van der Waals surface area contributed by atoms with Crippen molar-refractivity contribution in [2.24, 2.45) is 20.0 Å². The zero-order valence-corrected chi connectivity index (χ0v) is 13.5. The highest BCUT2D eigenvalue weighted by Crippen LogP contribution is 2.19. The summed E-state index contributed by atoms with van der Waals surface area (Å²) in [6, 6.07) is 13.8. The Hall–Kier alpha value is -4.04. The van der Waals surface area contributed by atoms with Crippen molar-refractivity contribution < 1.29 is 19.2 Å². The number of nitrogens with zero attached hydrogens (tertiary/aromatic N) is 4. The predicted octanol–water partition coefficient (Wildman–Crippen LogP) is 2.98. The number of rotatable bonds is 6. The molecule has 0 aliphatic heterocycles. The van der Waals surface area contributed by atoms with Crippen molar-refractivity contribution in [2.45, 2.75) is 13.1 Å². The molecular formula is C18H12N4O4. The monoisotopic (exact) mass is 348 g/mol. The third-order valence-corrected chi connectivity index (χ3v) is 2.94. The van der Waals surface area contributed by atoms with Gasteiger partial charge in [0.05, 0.1) is 24.5 Å². The van der Waals surface area contributed by atoms with Crippen LogP contribution in [0.2, 0.25) is 0 Å². The summed E-state index contributed by atoms with van der Waals surface area (Å²) in [6.45, 7) is 0.371. The van der Waals surface area contributed by atoms with Crippen molar-refractivity contribution in [3.05, 3.63) is 59.7 Å². The number of benzene rings is 2. The Morgan fingerprint density at radius 1 is 0.577 bits per heavy atom. The molecule has 0 bridgehead atoms. The van der Waals surface area contributed by atoms with E-state index in [9.17, 15) is 19.2 Å². The molecule has 0 aliphatic carbocycles. The van der Waals surface area contributed by atoms with Gasteiger partial charge in [-0.05, 0) is 12.1 Å². The Morgan fingerprint density at radius 2 is 0.962 bits per heavy atom. The fourth-order valence-electron chi connectivity index (χ4n) is 1.84. The second-order valence-electron chi connectivity index (χ2n) is 4.48. The van der Waals surface area contributed by atoms with Gasteiger partial charge in [-0.3, -0.25) is 0 Å². The average molecular weight is 348 g/mol. The molecule has 2 aromatic rings. The number of hydrogen-bond acceptors (Lipinski definition) is 8. The fourth-order valence-corrected chi connectivity index (χ4v) is 1.84. The molecule has 0 fully saturated rings. The zero-order chi connectivity index (χ0) is 19.0. The minimum atomic E-state index is 0.185. The number of para-hydroxylation sites is 2. The first-order valence-electron chi connectivity index (χ1n) is 7.15. The second kappa shape index (κ2) is 12.4. The van der Waals surface area contributed by atoms with E-state index in [1.165, 1.54) is 24.3 Å². The van der Waals surface area contributed by atoms with Gasteiger partial charge in [0.15, 0.2) is 0 Å². The Labute approximate surface area is 148 Å². The molecule has 0 atom stereocenters. The minimum Gasteiger partial charge on any atom is -0.211 e. The first kappa shape index (κ1) is 20.0. The molecule has 0 aromatic heterocycles. The number of carbonyl (C=O) groups excluding carboxylic acids is 4. The van der Waals surface area contributed by atoms with Crippen LogP contribution >= 0.6 is 0 Å². The fraction of sp³-hybridized carbons (Fsp3) is 0.111. The molecule has 0 amide bonds. The van der Waals surface area contributed by atoms with E-state index >= 15 is 0 Å². The molecule has 0 saturated heterocycles. The molecular weight excluding hydrogens is 336 g/mol. The molecule has 0 unspecified atom stereocenters. The topological polar surface area (TPSA) is 118 Å². The standard InChI is InChI=1S/2C9H6N2O2/c2*12-6-10-5-8-3-1-2-4-9(8)11-7-13/h2*1-4H,5H2. The van der Waals surface area contributed by atoms with Crippen molar-refractivity contribution in [3.8, 4) is 0 Å². The quantitative estimate of drug-likeness (QED) is 0.589. The summed E-state index contributed by atoms with van der Waals surface area (Å²) < 4.78 is 0. The van der Waals surface area contributed by atoms with Crippen molar-refractivity contribution in [2.75, 3.05) is 0 Å². The van der Waals surface area contributed by atoms with E-state index in [-0.39, 0.29) is 13.1 Å². The molecule has 0 heterocycles. The predicted molar refractivity (Wildman–Crippen MR) is 92.1 cm³/mol. The van der Waals surface area contributed by atoms with Gasteiger partial charge in [0.25, 0.3) is 0 Å². The normalized spacial score (nSPS) is 8.31. The molecule has 0 N–H and O–H groups in total. The lowest BCUT2D eigenvalue weighted by atomic mass is 10.2. The molecule has 8 heteroatoms. The molecule has 128 valence electrons. The van der Waals surface area contributed by atoms with Crippen LogP contribution in [0.1, 0.15) is 11.1 Å². The van der Waals surface area contributed by atoms with Crippen LogP contribution in [0, 0.1) is 0 Å². The minimum absolute atomic E-state index is 0.185. The van der Waals surface area contributed by atoms with Crippen LogP contribution in [-0.4, -0.2) is 24.3 Å². The summed E-state index contributed by atoms with van der Waals surface area (Å²) >= 11 is 0. The number of aliphatic imine (C=N–C) groups is 4. The highest BCUT2D eigenvalue weighted by molar-refractivity contribution is 5.54. The highest BCUT2D eigenvalue weighted by Gasteiger charge is 1.98. The van der Waals surface area contributed by atoms with Gasteiger partial charge in [0.2, 0.25) is 24.3 Å². The van der Waals surface area contributed by atoms with Gasteiger partial charge < -0.3 is 0 Å². The van der Waals surface area contributed by atoms with E-state index in [1.54, 1.807) is 48.5 Å². The van der Waals surface area contributed by atoms with Gasteiger partial charge in [-0.2, -0.15) is 9.98 Å². The Balaban J connectivity index is 0.000000260. The maximum absolute atomic E-state index is 10.0. The summed E-state index contributed by atoms with van der Waals surface area (Å²) in [7, 11) is 0. The Morgan fingerprint density at radius 3 is 1.31 bits per heavy atom. The van der Waals surface area contributed by atoms with Gasteiger partial charge in [-0.15, -0.1) is 0 Å². The van der Waals surface area contributed by atoms with Crippen LogP contribution in [0.3, 0.4) is 0 Å². The second-order valence-corrected chi connectivity index (χ2v) is 4.48. The molecule has 2 aromatic carbocycles. The van der Waals surface area contributed by atoms with Crippen molar-refractivity contribution >= 4 is 35.7 Å². The van der Waals surface area contributed by atoms with E-state index < -0.39 is 0 Å². The first-order chi connectivity index (χ1) is 12.8. The van der Waals surface area contributed by atoms with Crippen molar-refractivity contribution in [1.82, 2.24) is 0 Å². The van der Waals surface area contributed by atoms with Crippen LogP contribution in [0.4, 0.5) is 11.4 Å². The smallest absolute Gasteiger partial charge is 0.211 e. The maximum atomic E-state index is 10.0. The molecule has 2 rings (SSSR count). The van der Waals surface area contributed by atoms with Gasteiger partial charge >= 0.3 is 0 Å². The molecule has 0 saturated carbocycles. The molecule has 0 aliphatic rings. The summed E-state index contributed by atoms with van der Waals surface area (Å²) in [5.41, 5.74) is 2.37. The van der Waals surface area contributed by atoms with Crippen LogP contribution in [0.25, 0.3) is 0 Å². The first-order valence-corrected chi connectivity index (χ1v) is 7.15. The summed E-state index contributed by atoms with van der Waals surface area (Å²) in [6.07, 6.45) is 5.71. The summed E-state index contributed by atoms with van der Waals surface area (Å²) in [5, 5.41) is 0. The van der Waals surface area contributed by atoms with E-state index in [4.69, 9.17) is 0 Å². The van der Waals surface area contributed by atoms with E-state index in [1.807, 2.05) is 0 Å². The lowest BCUT2D eigenvalue weighted by molar-refractivity contribution is 0.562. The lowest BCUT2D eigenvalue weighted by Gasteiger charge is -1.97. The van der Waals surface area contributed by atoms with Crippen LogP contribution in [0.5, 0.6) is 0 Å². The zero-order valence-electron chi connectivity index (χ0n) is 13.5. The van der Waals surface area contributed by atoms with Gasteiger partial charge in [0.1, 0.15) is 0 Å². The number of hydrogen-bond donors (Lipinski definition) is 0. The number of isocyanates is 4. The maximum Gasteiger partial charge on any atom is 0.240 e. The third-order valence-electron chi connectivity index (χ3n) is 2.94. The van der Waals surface area contributed by atoms with Gasteiger partial charge in [-0.1, -0.05) is 36.4 Å². The SMILES string of the molecule is O=C=NCc1ccccc1N=C=O.O=C=NCc1ccccc1N=C=O. The van der Waals surface area contributed by atoms with E-state index in [0.717, 1.165) is 0 Å². The molecule has 26 heavy (non-hydrogen) atoms.